The lowest BCUT2D eigenvalue weighted by atomic mass is 10.2. The number of hydrogen-bond acceptors (Lipinski definition) is 3. The molecule has 2 aromatic heterocycles. The molecule has 6 heteroatoms. The highest BCUT2D eigenvalue weighted by molar-refractivity contribution is 7.98. The molecule has 3 nitrogen and oxygen atoms in total. The molecule has 19 heavy (non-hydrogen) atoms. The first kappa shape index (κ1) is 12.8. The van der Waals surface area contributed by atoms with E-state index in [0.29, 0.717) is 21.0 Å². The van der Waals surface area contributed by atoms with Gasteiger partial charge in [0.1, 0.15) is 5.15 Å². The Morgan fingerprint density at radius 3 is 2.58 bits per heavy atom. The molecule has 0 saturated heterocycles. The van der Waals surface area contributed by atoms with E-state index in [-0.39, 0.29) is 0 Å². The van der Waals surface area contributed by atoms with E-state index < -0.39 is 0 Å². The van der Waals surface area contributed by atoms with Gasteiger partial charge in [-0.25, -0.2) is 0 Å². The van der Waals surface area contributed by atoms with Crippen molar-refractivity contribution in [1.29, 1.82) is 0 Å². The van der Waals surface area contributed by atoms with E-state index in [1.54, 1.807) is 28.4 Å². The Kier molecular flexibility index (Phi) is 3.64. The second-order valence-corrected chi connectivity index (χ2v) is 5.65. The zero-order valence-corrected chi connectivity index (χ0v) is 12.1. The van der Waals surface area contributed by atoms with Gasteiger partial charge in [-0.3, -0.25) is 0 Å². The van der Waals surface area contributed by atoms with Crippen molar-refractivity contribution in [3.8, 4) is 0 Å². The second kappa shape index (κ2) is 5.41. The van der Waals surface area contributed by atoms with Gasteiger partial charge in [0.2, 0.25) is 5.16 Å². The van der Waals surface area contributed by atoms with Gasteiger partial charge in [-0.15, -0.1) is 5.10 Å². The SMILES string of the molecule is Clc1ccc(Cl)n2nc(SCc3ccccc3)nc12. The van der Waals surface area contributed by atoms with Crippen molar-refractivity contribution in [3.63, 3.8) is 0 Å². The minimum absolute atomic E-state index is 0.499. The van der Waals surface area contributed by atoms with Crippen LogP contribution >= 0.6 is 35.0 Å². The van der Waals surface area contributed by atoms with Crippen LogP contribution in [0.1, 0.15) is 5.56 Å². The maximum absolute atomic E-state index is 6.07. The van der Waals surface area contributed by atoms with Gasteiger partial charge in [0.05, 0.1) is 5.02 Å². The summed E-state index contributed by atoms with van der Waals surface area (Å²) < 4.78 is 1.55. The lowest BCUT2D eigenvalue weighted by Crippen LogP contribution is -1.89. The number of nitrogens with zero attached hydrogens (tertiary/aromatic N) is 3. The van der Waals surface area contributed by atoms with E-state index in [2.05, 4.69) is 22.2 Å². The van der Waals surface area contributed by atoms with Gasteiger partial charge in [0, 0.05) is 5.75 Å². The zero-order valence-electron chi connectivity index (χ0n) is 9.75. The Labute approximate surface area is 124 Å². The van der Waals surface area contributed by atoms with Crippen LogP contribution in [0.4, 0.5) is 0 Å². The van der Waals surface area contributed by atoms with E-state index >= 15 is 0 Å². The fourth-order valence-corrected chi connectivity index (χ4v) is 2.81. The summed E-state index contributed by atoms with van der Waals surface area (Å²) in [5.41, 5.74) is 1.81. The number of rotatable bonds is 3. The minimum Gasteiger partial charge on any atom is -0.200 e. The van der Waals surface area contributed by atoms with Crippen LogP contribution in [0.3, 0.4) is 0 Å². The van der Waals surface area contributed by atoms with Crippen LogP contribution in [0.25, 0.3) is 5.65 Å². The Morgan fingerprint density at radius 2 is 1.84 bits per heavy atom. The summed E-state index contributed by atoms with van der Waals surface area (Å²) in [6.07, 6.45) is 0. The van der Waals surface area contributed by atoms with Crippen LogP contribution in [0, 0.1) is 0 Å². The molecule has 0 unspecified atom stereocenters. The van der Waals surface area contributed by atoms with Crippen LogP contribution in [0.15, 0.2) is 47.6 Å². The number of halogens is 2. The maximum atomic E-state index is 6.07. The van der Waals surface area contributed by atoms with Gasteiger partial charge in [0.25, 0.3) is 0 Å². The highest BCUT2D eigenvalue weighted by Crippen LogP contribution is 2.25. The molecule has 3 aromatic rings. The number of thioether (sulfide) groups is 1. The molecule has 0 atom stereocenters. The van der Waals surface area contributed by atoms with Crippen LogP contribution in [-0.4, -0.2) is 14.6 Å². The summed E-state index contributed by atoms with van der Waals surface area (Å²) in [4.78, 5) is 4.39. The molecule has 0 saturated carbocycles. The number of pyridine rings is 1. The molecule has 0 amide bonds. The number of hydrogen-bond donors (Lipinski definition) is 0. The molecule has 3 rings (SSSR count). The minimum atomic E-state index is 0.499. The summed E-state index contributed by atoms with van der Waals surface area (Å²) in [6.45, 7) is 0. The highest BCUT2D eigenvalue weighted by Gasteiger charge is 2.10. The topological polar surface area (TPSA) is 30.2 Å². The molecule has 0 N–H and O–H groups in total. The summed E-state index contributed by atoms with van der Waals surface area (Å²) in [5.74, 6) is 0.812. The normalized spacial score (nSPS) is 11.1. The lowest BCUT2D eigenvalue weighted by molar-refractivity contribution is 0.887. The molecule has 0 aliphatic heterocycles. The molecule has 2 heterocycles. The number of fused-ring (bicyclic) bond motifs is 1. The van der Waals surface area contributed by atoms with Crippen LogP contribution in [-0.2, 0) is 5.75 Å². The van der Waals surface area contributed by atoms with E-state index in [0.717, 1.165) is 5.75 Å². The van der Waals surface area contributed by atoms with Gasteiger partial charge < -0.3 is 0 Å². The van der Waals surface area contributed by atoms with Crippen LogP contribution < -0.4 is 0 Å². The van der Waals surface area contributed by atoms with Crippen LogP contribution in [0.5, 0.6) is 0 Å². The Balaban J connectivity index is 1.86. The summed E-state index contributed by atoms with van der Waals surface area (Å²) in [7, 11) is 0. The molecule has 0 bridgehead atoms. The molecule has 0 radical (unpaired) electrons. The van der Waals surface area contributed by atoms with E-state index in [9.17, 15) is 0 Å². The molecule has 96 valence electrons. The molecule has 1 aromatic carbocycles. The lowest BCUT2D eigenvalue weighted by Gasteiger charge is -1.96. The highest BCUT2D eigenvalue weighted by atomic mass is 35.5. The Bertz CT molecular complexity index is 673. The summed E-state index contributed by atoms with van der Waals surface area (Å²) in [6, 6.07) is 13.6. The summed E-state index contributed by atoms with van der Waals surface area (Å²) >= 11 is 13.7. The third-order valence-corrected chi connectivity index (χ3v) is 4.07. The van der Waals surface area contributed by atoms with Crippen molar-refractivity contribution in [3.05, 3.63) is 58.2 Å². The van der Waals surface area contributed by atoms with Gasteiger partial charge >= 0.3 is 0 Å². The predicted octanol–water partition coefficient (Wildman–Crippen LogP) is 4.33. The third kappa shape index (κ3) is 2.71. The smallest absolute Gasteiger partial charge is 0.200 e. The standard InChI is InChI=1S/C13H9Cl2N3S/c14-10-6-7-11(15)18-12(10)16-13(17-18)19-8-9-4-2-1-3-5-9/h1-7H,8H2. The number of benzene rings is 1. The van der Waals surface area contributed by atoms with Crippen molar-refractivity contribution < 1.29 is 0 Å². The molecular weight excluding hydrogens is 301 g/mol. The first-order chi connectivity index (χ1) is 9.24. The Hall–Kier alpha value is -1.23. The monoisotopic (exact) mass is 309 g/mol. The van der Waals surface area contributed by atoms with E-state index in [1.807, 2.05) is 18.2 Å². The maximum Gasteiger partial charge on any atom is 0.209 e. The van der Waals surface area contributed by atoms with Gasteiger partial charge in [-0.2, -0.15) is 9.50 Å². The zero-order chi connectivity index (χ0) is 13.2. The van der Waals surface area contributed by atoms with Gasteiger partial charge in [-0.05, 0) is 17.7 Å². The first-order valence-corrected chi connectivity index (χ1v) is 7.36. The third-order valence-electron chi connectivity index (χ3n) is 2.58. The van der Waals surface area contributed by atoms with E-state index in [4.69, 9.17) is 23.2 Å². The average Bonchev–Trinajstić information content (AvgIpc) is 2.87. The van der Waals surface area contributed by atoms with Gasteiger partial charge in [0.15, 0.2) is 5.65 Å². The van der Waals surface area contributed by atoms with E-state index in [1.165, 1.54) is 5.56 Å². The van der Waals surface area contributed by atoms with Crippen molar-refractivity contribution >= 4 is 40.6 Å². The predicted molar refractivity (Wildman–Crippen MR) is 79.0 cm³/mol. The quantitative estimate of drug-likeness (QED) is 0.533. The molecule has 0 fully saturated rings. The largest absolute Gasteiger partial charge is 0.209 e. The fraction of sp³-hybridized carbons (Fsp3) is 0.0769. The van der Waals surface area contributed by atoms with Crippen molar-refractivity contribution in [2.24, 2.45) is 0 Å². The molecule has 0 spiro atoms. The van der Waals surface area contributed by atoms with Crippen molar-refractivity contribution in [2.45, 2.75) is 10.9 Å². The van der Waals surface area contributed by atoms with Crippen molar-refractivity contribution in [2.75, 3.05) is 0 Å². The molecule has 0 aliphatic rings. The average molecular weight is 310 g/mol. The second-order valence-electron chi connectivity index (χ2n) is 3.91. The van der Waals surface area contributed by atoms with Crippen LogP contribution in [0.2, 0.25) is 10.2 Å². The summed E-state index contributed by atoms with van der Waals surface area (Å²) in [5, 5.41) is 6.05. The Morgan fingerprint density at radius 1 is 1.05 bits per heavy atom. The first-order valence-electron chi connectivity index (χ1n) is 5.61. The molecular formula is C13H9Cl2N3S. The fourth-order valence-electron chi connectivity index (χ4n) is 1.67. The van der Waals surface area contributed by atoms with Crippen molar-refractivity contribution in [1.82, 2.24) is 14.6 Å². The van der Waals surface area contributed by atoms with Gasteiger partial charge in [-0.1, -0.05) is 65.3 Å². The molecule has 0 aliphatic carbocycles. The number of aromatic nitrogens is 3.